The lowest BCUT2D eigenvalue weighted by atomic mass is 10.0. The van der Waals surface area contributed by atoms with E-state index in [1.54, 1.807) is 0 Å². The molecule has 21 heavy (non-hydrogen) atoms. The van der Waals surface area contributed by atoms with Gasteiger partial charge in [-0.1, -0.05) is 31.2 Å². The van der Waals surface area contributed by atoms with E-state index >= 15 is 0 Å². The molecule has 0 saturated carbocycles. The Balaban J connectivity index is 1.81. The van der Waals surface area contributed by atoms with Crippen molar-refractivity contribution in [2.75, 3.05) is 5.32 Å². The molecule has 108 valence electrons. The van der Waals surface area contributed by atoms with Crippen LogP contribution in [0.25, 0.3) is 11.0 Å². The molecule has 2 aromatic carbocycles. The first-order valence-electron chi connectivity index (χ1n) is 7.23. The summed E-state index contributed by atoms with van der Waals surface area (Å²) in [5.74, 6) is 0. The molecule has 0 radical (unpaired) electrons. The monoisotopic (exact) mass is 281 g/mol. The first-order chi connectivity index (χ1) is 10.2. The fourth-order valence-corrected chi connectivity index (χ4v) is 2.50. The summed E-state index contributed by atoms with van der Waals surface area (Å²) in [6.07, 6.45) is 1.06. The number of H-pyrrole nitrogens is 2. The Morgan fingerprint density at radius 1 is 1.05 bits per heavy atom. The third kappa shape index (κ3) is 2.84. The van der Waals surface area contributed by atoms with Gasteiger partial charge >= 0.3 is 5.69 Å². The Labute approximate surface area is 123 Å². The largest absolute Gasteiger partial charge is 0.378 e. The topological polar surface area (TPSA) is 60.7 Å². The maximum Gasteiger partial charge on any atom is 0.323 e. The summed E-state index contributed by atoms with van der Waals surface area (Å²) in [7, 11) is 0. The second kappa shape index (κ2) is 5.48. The van der Waals surface area contributed by atoms with E-state index in [4.69, 9.17) is 0 Å². The second-order valence-corrected chi connectivity index (χ2v) is 5.30. The van der Waals surface area contributed by atoms with Crippen molar-refractivity contribution in [2.45, 2.75) is 26.3 Å². The lowest BCUT2D eigenvalue weighted by Gasteiger charge is -2.16. The zero-order valence-corrected chi connectivity index (χ0v) is 12.2. The standard InChI is InChI=1S/C17H19N3O/c1-3-12-4-6-13(7-5-12)11(2)18-14-8-9-15-16(10-14)20-17(21)19-15/h4-11,18H,3H2,1-2H3,(H2,19,20,21). The highest BCUT2D eigenvalue weighted by atomic mass is 16.1. The molecule has 0 saturated heterocycles. The molecule has 0 aliphatic carbocycles. The Kier molecular flexibility index (Phi) is 3.52. The quantitative estimate of drug-likeness (QED) is 0.684. The van der Waals surface area contributed by atoms with Crippen LogP contribution in [-0.4, -0.2) is 9.97 Å². The molecule has 1 heterocycles. The van der Waals surface area contributed by atoms with E-state index in [1.807, 2.05) is 18.2 Å². The molecule has 1 aromatic heterocycles. The van der Waals surface area contributed by atoms with Crippen molar-refractivity contribution >= 4 is 16.7 Å². The third-order valence-corrected chi connectivity index (χ3v) is 3.79. The van der Waals surface area contributed by atoms with Gasteiger partial charge in [-0.05, 0) is 42.7 Å². The van der Waals surface area contributed by atoms with E-state index in [9.17, 15) is 4.79 Å². The number of imidazole rings is 1. The number of hydrogen-bond acceptors (Lipinski definition) is 2. The number of rotatable bonds is 4. The van der Waals surface area contributed by atoms with Gasteiger partial charge in [0.05, 0.1) is 11.0 Å². The highest BCUT2D eigenvalue weighted by molar-refractivity contribution is 5.78. The van der Waals surface area contributed by atoms with Crippen molar-refractivity contribution in [3.63, 3.8) is 0 Å². The summed E-state index contributed by atoms with van der Waals surface area (Å²) in [6.45, 7) is 4.29. The lowest BCUT2D eigenvalue weighted by molar-refractivity contribution is 0.883. The molecule has 0 amide bonds. The molecule has 0 aliphatic rings. The molecule has 0 spiro atoms. The van der Waals surface area contributed by atoms with Gasteiger partial charge in [0.1, 0.15) is 0 Å². The van der Waals surface area contributed by atoms with Gasteiger partial charge in [0.2, 0.25) is 0 Å². The van der Waals surface area contributed by atoms with Crippen LogP contribution in [0, 0.1) is 0 Å². The molecule has 4 nitrogen and oxygen atoms in total. The van der Waals surface area contributed by atoms with E-state index in [0.29, 0.717) is 0 Å². The first kappa shape index (κ1) is 13.5. The predicted molar refractivity (Wildman–Crippen MR) is 86.8 cm³/mol. The van der Waals surface area contributed by atoms with Gasteiger partial charge in [0.25, 0.3) is 0 Å². The van der Waals surface area contributed by atoms with Crippen LogP contribution in [0.15, 0.2) is 47.3 Å². The van der Waals surface area contributed by atoms with Crippen molar-refractivity contribution in [3.8, 4) is 0 Å². The van der Waals surface area contributed by atoms with E-state index in [1.165, 1.54) is 11.1 Å². The van der Waals surface area contributed by atoms with Gasteiger partial charge in [0, 0.05) is 11.7 Å². The average Bonchev–Trinajstić information content (AvgIpc) is 2.86. The second-order valence-electron chi connectivity index (χ2n) is 5.30. The maximum atomic E-state index is 11.3. The Bertz CT molecular complexity index is 799. The molecule has 4 heteroatoms. The van der Waals surface area contributed by atoms with E-state index in [-0.39, 0.29) is 11.7 Å². The number of fused-ring (bicyclic) bond motifs is 1. The number of nitrogens with one attached hydrogen (secondary N) is 3. The predicted octanol–water partition coefficient (Wildman–Crippen LogP) is 3.59. The summed E-state index contributed by atoms with van der Waals surface area (Å²) in [5, 5.41) is 3.46. The van der Waals surface area contributed by atoms with E-state index in [2.05, 4.69) is 53.4 Å². The zero-order valence-electron chi connectivity index (χ0n) is 12.2. The zero-order chi connectivity index (χ0) is 14.8. The highest BCUT2D eigenvalue weighted by Gasteiger charge is 2.06. The lowest BCUT2D eigenvalue weighted by Crippen LogP contribution is -2.06. The van der Waals surface area contributed by atoms with Crippen LogP contribution < -0.4 is 11.0 Å². The van der Waals surface area contributed by atoms with Crippen molar-refractivity contribution in [2.24, 2.45) is 0 Å². The van der Waals surface area contributed by atoms with Crippen LogP contribution in [0.4, 0.5) is 5.69 Å². The minimum absolute atomic E-state index is 0.176. The smallest absolute Gasteiger partial charge is 0.323 e. The van der Waals surface area contributed by atoms with E-state index in [0.717, 1.165) is 23.1 Å². The van der Waals surface area contributed by atoms with Crippen molar-refractivity contribution in [3.05, 3.63) is 64.1 Å². The summed E-state index contributed by atoms with van der Waals surface area (Å²) < 4.78 is 0. The Morgan fingerprint density at radius 2 is 1.76 bits per heavy atom. The molecule has 3 N–H and O–H groups in total. The highest BCUT2D eigenvalue weighted by Crippen LogP contribution is 2.21. The molecule has 1 atom stereocenters. The molecule has 0 bridgehead atoms. The number of aryl methyl sites for hydroxylation is 1. The molecular weight excluding hydrogens is 262 g/mol. The van der Waals surface area contributed by atoms with Crippen LogP contribution in [0.1, 0.15) is 31.0 Å². The average molecular weight is 281 g/mol. The number of aromatic amines is 2. The molecule has 3 rings (SSSR count). The van der Waals surface area contributed by atoms with Crippen LogP contribution in [0.5, 0.6) is 0 Å². The molecule has 1 unspecified atom stereocenters. The summed E-state index contributed by atoms with van der Waals surface area (Å²) in [4.78, 5) is 16.8. The Morgan fingerprint density at radius 3 is 2.48 bits per heavy atom. The van der Waals surface area contributed by atoms with E-state index < -0.39 is 0 Å². The van der Waals surface area contributed by atoms with Gasteiger partial charge in [-0.3, -0.25) is 0 Å². The summed E-state index contributed by atoms with van der Waals surface area (Å²) in [5.41, 5.74) is 5.05. The fraction of sp³-hybridized carbons (Fsp3) is 0.235. The van der Waals surface area contributed by atoms with Crippen LogP contribution in [-0.2, 0) is 6.42 Å². The Hall–Kier alpha value is -2.49. The normalized spacial score (nSPS) is 12.5. The van der Waals surface area contributed by atoms with Crippen molar-refractivity contribution < 1.29 is 0 Å². The van der Waals surface area contributed by atoms with Crippen molar-refractivity contribution in [1.29, 1.82) is 0 Å². The first-order valence-corrected chi connectivity index (χ1v) is 7.23. The van der Waals surface area contributed by atoms with Gasteiger partial charge in [-0.25, -0.2) is 4.79 Å². The van der Waals surface area contributed by atoms with Gasteiger partial charge in [-0.2, -0.15) is 0 Å². The minimum Gasteiger partial charge on any atom is -0.378 e. The third-order valence-electron chi connectivity index (χ3n) is 3.79. The number of aromatic nitrogens is 2. The molecular formula is C17H19N3O. The van der Waals surface area contributed by atoms with Gasteiger partial charge in [-0.15, -0.1) is 0 Å². The summed E-state index contributed by atoms with van der Waals surface area (Å²) >= 11 is 0. The minimum atomic E-state index is -0.176. The molecule has 0 aliphatic heterocycles. The molecule has 3 aromatic rings. The van der Waals surface area contributed by atoms with Crippen LogP contribution >= 0.6 is 0 Å². The number of benzene rings is 2. The van der Waals surface area contributed by atoms with Crippen molar-refractivity contribution in [1.82, 2.24) is 9.97 Å². The van der Waals surface area contributed by atoms with Gasteiger partial charge in [0.15, 0.2) is 0 Å². The van der Waals surface area contributed by atoms with Crippen LogP contribution in [0.2, 0.25) is 0 Å². The number of hydrogen-bond donors (Lipinski definition) is 3. The number of anilines is 1. The SMILES string of the molecule is CCc1ccc(C(C)Nc2ccc3[nH]c(=O)[nH]c3c2)cc1. The van der Waals surface area contributed by atoms with Gasteiger partial charge < -0.3 is 15.3 Å². The fourth-order valence-electron chi connectivity index (χ4n) is 2.50. The van der Waals surface area contributed by atoms with Crippen LogP contribution in [0.3, 0.4) is 0 Å². The maximum absolute atomic E-state index is 11.3. The molecule has 0 fully saturated rings. The summed E-state index contributed by atoms with van der Waals surface area (Å²) in [6, 6.07) is 14.7.